The normalized spacial score (nSPS) is 24.9. The van der Waals surface area contributed by atoms with Gasteiger partial charge >= 0.3 is 0 Å². The molecule has 0 saturated heterocycles. The molecule has 4 heteroatoms. The van der Waals surface area contributed by atoms with E-state index in [9.17, 15) is 0 Å². The minimum atomic E-state index is 0.370. The molecule has 1 atom stereocenters. The number of rotatable bonds is 4. The SMILES string of the molecule is CCCCNC(=S)N/N=C1/C[C@@H](C)CC(C)(C)C1. The third-order valence-electron chi connectivity index (χ3n) is 3.30. The van der Waals surface area contributed by atoms with Crippen molar-refractivity contribution in [2.24, 2.45) is 16.4 Å². The Morgan fingerprint density at radius 1 is 1.50 bits per heavy atom. The number of nitrogens with zero attached hydrogens (tertiary/aromatic N) is 1. The molecule has 1 saturated carbocycles. The van der Waals surface area contributed by atoms with Crippen LogP contribution in [0.15, 0.2) is 5.10 Å². The summed E-state index contributed by atoms with van der Waals surface area (Å²) in [4.78, 5) is 0. The Labute approximate surface area is 117 Å². The average molecular weight is 269 g/mol. The van der Waals surface area contributed by atoms with Gasteiger partial charge in [-0.05, 0) is 49.2 Å². The van der Waals surface area contributed by atoms with Crippen LogP contribution in [0.4, 0.5) is 0 Å². The summed E-state index contributed by atoms with van der Waals surface area (Å²) in [7, 11) is 0. The standard InChI is InChI=1S/C14H27N3S/c1-5-6-7-15-13(18)17-16-12-8-11(2)9-14(3,4)10-12/h11H,5-10H2,1-4H3,(H2,15,17,18)/b16-12-/t11-/m1/s1. The Hall–Kier alpha value is -0.640. The van der Waals surface area contributed by atoms with Crippen LogP contribution in [0.1, 0.15) is 59.8 Å². The second-order valence-corrected chi connectivity index (χ2v) is 6.66. The molecule has 0 bridgehead atoms. The van der Waals surface area contributed by atoms with Gasteiger partial charge in [0.25, 0.3) is 0 Å². The third-order valence-corrected chi connectivity index (χ3v) is 3.53. The largest absolute Gasteiger partial charge is 0.361 e. The van der Waals surface area contributed by atoms with Gasteiger partial charge in [-0.25, -0.2) is 0 Å². The van der Waals surface area contributed by atoms with Gasteiger partial charge in [0.15, 0.2) is 5.11 Å². The van der Waals surface area contributed by atoms with Crippen LogP contribution >= 0.6 is 12.2 Å². The van der Waals surface area contributed by atoms with Crippen molar-refractivity contribution in [3.63, 3.8) is 0 Å². The molecule has 0 unspecified atom stereocenters. The number of nitrogens with one attached hydrogen (secondary N) is 2. The summed E-state index contributed by atoms with van der Waals surface area (Å²) >= 11 is 5.19. The molecule has 1 aliphatic carbocycles. The molecule has 18 heavy (non-hydrogen) atoms. The highest BCUT2D eigenvalue weighted by Crippen LogP contribution is 2.36. The van der Waals surface area contributed by atoms with Crippen molar-refractivity contribution >= 4 is 23.0 Å². The van der Waals surface area contributed by atoms with E-state index in [2.05, 4.69) is 43.5 Å². The Morgan fingerprint density at radius 3 is 2.83 bits per heavy atom. The van der Waals surface area contributed by atoms with E-state index < -0.39 is 0 Å². The van der Waals surface area contributed by atoms with Gasteiger partial charge in [-0.1, -0.05) is 34.1 Å². The monoisotopic (exact) mass is 269 g/mol. The van der Waals surface area contributed by atoms with Gasteiger partial charge < -0.3 is 5.32 Å². The highest BCUT2D eigenvalue weighted by molar-refractivity contribution is 7.80. The van der Waals surface area contributed by atoms with E-state index >= 15 is 0 Å². The Balaban J connectivity index is 2.39. The second kappa shape index (κ2) is 7.07. The molecule has 0 spiro atoms. The predicted molar refractivity (Wildman–Crippen MR) is 82.9 cm³/mol. The maximum absolute atomic E-state index is 5.19. The van der Waals surface area contributed by atoms with E-state index in [1.54, 1.807) is 0 Å². The van der Waals surface area contributed by atoms with Crippen molar-refractivity contribution in [3.05, 3.63) is 0 Å². The molecule has 104 valence electrons. The molecule has 2 N–H and O–H groups in total. The van der Waals surface area contributed by atoms with E-state index in [4.69, 9.17) is 12.2 Å². The quantitative estimate of drug-likeness (QED) is 0.466. The summed E-state index contributed by atoms with van der Waals surface area (Å²) in [5.41, 5.74) is 4.60. The summed E-state index contributed by atoms with van der Waals surface area (Å²) in [6, 6.07) is 0. The van der Waals surface area contributed by atoms with E-state index in [0.717, 1.165) is 31.7 Å². The molecule has 0 amide bonds. The topological polar surface area (TPSA) is 36.4 Å². The lowest BCUT2D eigenvalue weighted by Crippen LogP contribution is -2.35. The van der Waals surface area contributed by atoms with Gasteiger partial charge in [0, 0.05) is 12.3 Å². The van der Waals surface area contributed by atoms with E-state index in [-0.39, 0.29) is 0 Å². The van der Waals surface area contributed by atoms with Gasteiger partial charge in [0.2, 0.25) is 0 Å². The summed E-state index contributed by atoms with van der Waals surface area (Å²) < 4.78 is 0. The minimum Gasteiger partial charge on any atom is -0.361 e. The molecular weight excluding hydrogens is 242 g/mol. The summed E-state index contributed by atoms with van der Waals surface area (Å²) in [5.74, 6) is 0.718. The zero-order chi connectivity index (χ0) is 13.6. The summed E-state index contributed by atoms with van der Waals surface area (Å²) in [6.45, 7) is 10.0. The van der Waals surface area contributed by atoms with Gasteiger partial charge in [0.05, 0.1) is 0 Å². The van der Waals surface area contributed by atoms with Crippen molar-refractivity contribution in [2.75, 3.05) is 6.54 Å². The minimum absolute atomic E-state index is 0.370. The van der Waals surface area contributed by atoms with Crippen LogP contribution in [-0.2, 0) is 0 Å². The Kier molecular flexibility index (Phi) is 6.06. The van der Waals surface area contributed by atoms with E-state index in [1.165, 1.54) is 18.6 Å². The molecule has 1 fully saturated rings. The van der Waals surface area contributed by atoms with Crippen molar-refractivity contribution in [2.45, 2.75) is 59.8 Å². The molecule has 0 aromatic heterocycles. The number of thiocarbonyl (C=S) groups is 1. The van der Waals surface area contributed by atoms with E-state index in [1.807, 2.05) is 0 Å². The van der Waals surface area contributed by atoms with Crippen molar-refractivity contribution in [1.82, 2.24) is 10.7 Å². The van der Waals surface area contributed by atoms with Crippen LogP contribution < -0.4 is 10.7 Å². The lowest BCUT2D eigenvalue weighted by Gasteiger charge is -2.34. The molecule has 0 aliphatic heterocycles. The number of hydrazone groups is 1. The molecular formula is C14H27N3S. The first-order valence-corrected chi connectivity index (χ1v) is 7.43. The van der Waals surface area contributed by atoms with Gasteiger partial charge in [-0.2, -0.15) is 5.10 Å². The first-order chi connectivity index (χ1) is 8.43. The highest BCUT2D eigenvalue weighted by atomic mass is 32.1. The molecule has 1 aliphatic rings. The fraction of sp³-hybridized carbons (Fsp3) is 0.857. The fourth-order valence-corrected chi connectivity index (χ4v) is 2.90. The molecule has 3 nitrogen and oxygen atoms in total. The Bertz CT molecular complexity index is 310. The maximum Gasteiger partial charge on any atom is 0.186 e. The van der Waals surface area contributed by atoms with Crippen LogP contribution in [0.5, 0.6) is 0 Å². The molecule has 1 rings (SSSR count). The fourth-order valence-electron chi connectivity index (χ4n) is 2.75. The lowest BCUT2D eigenvalue weighted by molar-refractivity contribution is 0.265. The van der Waals surface area contributed by atoms with Gasteiger partial charge in [-0.3, -0.25) is 5.43 Å². The van der Waals surface area contributed by atoms with Crippen molar-refractivity contribution in [3.8, 4) is 0 Å². The average Bonchev–Trinajstić information content (AvgIpc) is 2.24. The number of hydrogen-bond acceptors (Lipinski definition) is 2. The van der Waals surface area contributed by atoms with Crippen LogP contribution in [0.3, 0.4) is 0 Å². The summed E-state index contributed by atoms with van der Waals surface area (Å²) in [5, 5.41) is 8.28. The van der Waals surface area contributed by atoms with Crippen LogP contribution in [0.2, 0.25) is 0 Å². The molecule has 0 radical (unpaired) electrons. The van der Waals surface area contributed by atoms with Gasteiger partial charge in [0.1, 0.15) is 0 Å². The smallest absolute Gasteiger partial charge is 0.186 e. The van der Waals surface area contributed by atoms with Crippen LogP contribution in [0.25, 0.3) is 0 Å². The van der Waals surface area contributed by atoms with Crippen LogP contribution in [0, 0.1) is 11.3 Å². The van der Waals surface area contributed by atoms with Crippen molar-refractivity contribution < 1.29 is 0 Å². The molecule has 0 heterocycles. The zero-order valence-corrected chi connectivity index (χ0v) is 13.0. The maximum atomic E-state index is 5.19. The third kappa shape index (κ3) is 5.80. The van der Waals surface area contributed by atoms with Crippen LogP contribution in [-0.4, -0.2) is 17.4 Å². The first-order valence-electron chi connectivity index (χ1n) is 7.02. The number of unbranched alkanes of at least 4 members (excludes halogenated alkanes) is 1. The lowest BCUT2D eigenvalue weighted by atomic mass is 9.72. The van der Waals surface area contributed by atoms with Gasteiger partial charge in [-0.15, -0.1) is 0 Å². The summed E-state index contributed by atoms with van der Waals surface area (Å²) in [6.07, 6.45) is 5.76. The molecule has 0 aromatic rings. The predicted octanol–water partition coefficient (Wildman–Crippen LogP) is 3.45. The van der Waals surface area contributed by atoms with Crippen molar-refractivity contribution in [1.29, 1.82) is 0 Å². The number of hydrogen-bond donors (Lipinski definition) is 2. The zero-order valence-electron chi connectivity index (χ0n) is 12.2. The Morgan fingerprint density at radius 2 is 2.22 bits per heavy atom. The second-order valence-electron chi connectivity index (χ2n) is 6.25. The molecule has 0 aromatic carbocycles. The first kappa shape index (κ1) is 15.4. The highest BCUT2D eigenvalue weighted by Gasteiger charge is 2.29. The van der Waals surface area contributed by atoms with E-state index in [0.29, 0.717) is 10.5 Å².